The molecular weight excluding hydrogens is 372 g/mol. The Morgan fingerprint density at radius 1 is 1.12 bits per heavy atom. The highest BCUT2D eigenvalue weighted by atomic mass is 35.5. The number of sulfonamides is 1. The minimum atomic E-state index is -3.38. The maximum absolute atomic E-state index is 12.1. The molecule has 0 unspecified atom stereocenters. The van der Waals surface area contributed by atoms with E-state index in [9.17, 15) is 13.2 Å². The molecule has 2 aromatic carbocycles. The van der Waals surface area contributed by atoms with Crippen molar-refractivity contribution < 1.29 is 13.2 Å². The first-order valence-electron chi connectivity index (χ1n) is 8.31. The summed E-state index contributed by atoms with van der Waals surface area (Å²) in [5, 5.41) is 3.32. The van der Waals surface area contributed by atoms with Gasteiger partial charge in [0.25, 0.3) is 0 Å². The van der Waals surface area contributed by atoms with Gasteiger partial charge in [0.05, 0.1) is 6.26 Å². The van der Waals surface area contributed by atoms with E-state index < -0.39 is 10.0 Å². The number of halogens is 1. The molecule has 2 rings (SSSR count). The van der Waals surface area contributed by atoms with Crippen LogP contribution in [0.15, 0.2) is 48.5 Å². The van der Waals surface area contributed by atoms with Crippen LogP contribution in [0, 0.1) is 6.92 Å². The molecule has 0 aliphatic heterocycles. The predicted molar refractivity (Wildman–Crippen MR) is 106 cm³/mol. The summed E-state index contributed by atoms with van der Waals surface area (Å²) in [6.45, 7) is 2.36. The van der Waals surface area contributed by atoms with E-state index in [0.29, 0.717) is 23.7 Å². The molecule has 0 saturated heterocycles. The zero-order valence-electron chi connectivity index (χ0n) is 14.9. The third-order valence-corrected chi connectivity index (χ3v) is 5.72. The molecule has 0 heterocycles. The number of hydrogen-bond acceptors (Lipinski definition) is 3. The summed E-state index contributed by atoms with van der Waals surface area (Å²) in [5.74, 6) is -0.252. The molecule has 0 saturated carbocycles. The van der Waals surface area contributed by atoms with Crippen LogP contribution < -0.4 is 5.32 Å². The first kappa shape index (κ1) is 20.4. The normalized spacial score (nSPS) is 11.5. The average molecular weight is 395 g/mol. The van der Waals surface area contributed by atoms with Crippen LogP contribution in [0.25, 0.3) is 0 Å². The largest absolute Gasteiger partial charge is 0.326 e. The lowest BCUT2D eigenvalue weighted by Crippen LogP contribution is -2.34. The lowest BCUT2D eigenvalue weighted by atomic mass is 10.1. The maximum atomic E-state index is 12.1. The van der Waals surface area contributed by atoms with E-state index in [2.05, 4.69) is 5.32 Å². The standard InChI is InChI=1S/C19H23ClN2O3S/c1-15-8-9-17(14-18(15)20)21-19(23)11-13-22(26(2,24)25)12-10-16-6-4-3-5-7-16/h3-9,14H,10-13H2,1-2H3,(H,21,23). The van der Waals surface area contributed by atoms with Crippen LogP contribution in [0.5, 0.6) is 0 Å². The van der Waals surface area contributed by atoms with E-state index in [-0.39, 0.29) is 18.9 Å². The SMILES string of the molecule is Cc1ccc(NC(=O)CCN(CCc2ccccc2)S(C)(=O)=O)cc1Cl. The Hall–Kier alpha value is -1.89. The molecule has 1 N–H and O–H groups in total. The van der Waals surface area contributed by atoms with Gasteiger partial charge in [-0.1, -0.05) is 48.0 Å². The summed E-state index contributed by atoms with van der Waals surface area (Å²) < 4.78 is 25.3. The molecule has 140 valence electrons. The van der Waals surface area contributed by atoms with E-state index in [0.717, 1.165) is 17.4 Å². The van der Waals surface area contributed by atoms with E-state index in [1.807, 2.05) is 43.3 Å². The second kappa shape index (κ2) is 9.16. The molecule has 0 spiro atoms. The third kappa shape index (κ3) is 6.44. The van der Waals surface area contributed by atoms with Crippen molar-refractivity contribution in [3.05, 3.63) is 64.7 Å². The van der Waals surface area contributed by atoms with Gasteiger partial charge in [0, 0.05) is 30.2 Å². The van der Waals surface area contributed by atoms with Crippen molar-refractivity contribution in [3.63, 3.8) is 0 Å². The number of benzene rings is 2. The summed E-state index contributed by atoms with van der Waals surface area (Å²) in [4.78, 5) is 12.1. The van der Waals surface area contributed by atoms with Crippen LogP contribution in [0.1, 0.15) is 17.5 Å². The van der Waals surface area contributed by atoms with Crippen molar-refractivity contribution in [2.45, 2.75) is 19.8 Å². The van der Waals surface area contributed by atoms with Gasteiger partial charge in [0.15, 0.2) is 0 Å². The number of hydrogen-bond donors (Lipinski definition) is 1. The molecule has 0 aromatic heterocycles. The Labute approximate surface area is 160 Å². The van der Waals surface area contributed by atoms with Gasteiger partial charge < -0.3 is 5.32 Å². The van der Waals surface area contributed by atoms with Crippen molar-refractivity contribution in [2.75, 3.05) is 24.7 Å². The number of anilines is 1. The van der Waals surface area contributed by atoms with Crippen LogP contribution in [-0.4, -0.2) is 38.0 Å². The quantitative estimate of drug-likeness (QED) is 0.745. The Balaban J connectivity index is 1.91. The summed E-state index contributed by atoms with van der Waals surface area (Å²) >= 11 is 6.05. The lowest BCUT2D eigenvalue weighted by molar-refractivity contribution is -0.116. The smallest absolute Gasteiger partial charge is 0.225 e. The van der Waals surface area contributed by atoms with Crippen LogP contribution in [0.2, 0.25) is 5.02 Å². The minimum absolute atomic E-state index is 0.0767. The highest BCUT2D eigenvalue weighted by Gasteiger charge is 2.18. The first-order chi connectivity index (χ1) is 12.3. The lowest BCUT2D eigenvalue weighted by Gasteiger charge is -2.19. The van der Waals surface area contributed by atoms with Gasteiger partial charge >= 0.3 is 0 Å². The van der Waals surface area contributed by atoms with Crippen molar-refractivity contribution in [2.24, 2.45) is 0 Å². The molecule has 1 amide bonds. The fourth-order valence-electron chi connectivity index (χ4n) is 2.46. The summed E-state index contributed by atoms with van der Waals surface area (Å²) in [5.41, 5.74) is 2.58. The molecule has 2 aromatic rings. The Morgan fingerprint density at radius 3 is 2.42 bits per heavy atom. The average Bonchev–Trinajstić information content (AvgIpc) is 2.58. The molecule has 0 bridgehead atoms. The van der Waals surface area contributed by atoms with Crippen molar-refractivity contribution >= 4 is 33.2 Å². The second-order valence-electron chi connectivity index (χ2n) is 6.16. The molecule has 0 fully saturated rings. The van der Waals surface area contributed by atoms with E-state index in [1.165, 1.54) is 4.31 Å². The van der Waals surface area contributed by atoms with E-state index in [1.54, 1.807) is 12.1 Å². The highest BCUT2D eigenvalue weighted by molar-refractivity contribution is 7.88. The maximum Gasteiger partial charge on any atom is 0.225 e. The fraction of sp³-hybridized carbons (Fsp3) is 0.316. The Kier molecular flexibility index (Phi) is 7.20. The van der Waals surface area contributed by atoms with E-state index >= 15 is 0 Å². The van der Waals surface area contributed by atoms with Crippen molar-refractivity contribution in [3.8, 4) is 0 Å². The summed E-state index contributed by atoms with van der Waals surface area (Å²) in [6.07, 6.45) is 1.84. The van der Waals surface area contributed by atoms with Crippen LogP contribution in [0.4, 0.5) is 5.69 Å². The number of carbonyl (C=O) groups is 1. The molecule has 7 heteroatoms. The minimum Gasteiger partial charge on any atom is -0.326 e. The van der Waals surface area contributed by atoms with Crippen LogP contribution in [-0.2, 0) is 21.2 Å². The first-order valence-corrected chi connectivity index (χ1v) is 10.5. The van der Waals surface area contributed by atoms with Crippen LogP contribution in [0.3, 0.4) is 0 Å². The van der Waals surface area contributed by atoms with Crippen molar-refractivity contribution in [1.82, 2.24) is 4.31 Å². The molecular formula is C19H23ClN2O3S. The fourth-order valence-corrected chi connectivity index (χ4v) is 3.49. The molecule has 0 aliphatic rings. The van der Waals surface area contributed by atoms with Gasteiger partial charge in [-0.15, -0.1) is 0 Å². The number of nitrogens with zero attached hydrogens (tertiary/aromatic N) is 1. The zero-order chi connectivity index (χ0) is 19.2. The second-order valence-corrected chi connectivity index (χ2v) is 8.55. The molecule has 0 radical (unpaired) electrons. The topological polar surface area (TPSA) is 66.5 Å². The van der Waals surface area contributed by atoms with Gasteiger partial charge in [0.2, 0.25) is 15.9 Å². The summed E-state index contributed by atoms with van der Waals surface area (Å²) in [6, 6.07) is 14.9. The number of rotatable bonds is 8. The Bertz CT molecular complexity index is 854. The van der Waals surface area contributed by atoms with Gasteiger partial charge in [-0.2, -0.15) is 0 Å². The highest BCUT2D eigenvalue weighted by Crippen LogP contribution is 2.20. The number of amides is 1. The third-order valence-electron chi connectivity index (χ3n) is 4.01. The van der Waals surface area contributed by atoms with Gasteiger partial charge in [-0.05, 0) is 36.6 Å². The van der Waals surface area contributed by atoms with Gasteiger partial charge in [0.1, 0.15) is 0 Å². The number of nitrogens with one attached hydrogen (secondary N) is 1. The monoisotopic (exact) mass is 394 g/mol. The van der Waals surface area contributed by atoms with Crippen molar-refractivity contribution in [1.29, 1.82) is 0 Å². The number of aryl methyl sites for hydroxylation is 1. The summed E-state index contributed by atoms with van der Waals surface area (Å²) in [7, 11) is -3.38. The molecule has 0 atom stereocenters. The number of carbonyl (C=O) groups excluding carboxylic acids is 1. The van der Waals surface area contributed by atoms with Gasteiger partial charge in [-0.25, -0.2) is 12.7 Å². The zero-order valence-corrected chi connectivity index (χ0v) is 16.5. The molecule has 0 aliphatic carbocycles. The Morgan fingerprint density at radius 2 is 1.81 bits per heavy atom. The van der Waals surface area contributed by atoms with Crippen LogP contribution >= 0.6 is 11.6 Å². The van der Waals surface area contributed by atoms with E-state index in [4.69, 9.17) is 11.6 Å². The van der Waals surface area contributed by atoms with Gasteiger partial charge in [-0.3, -0.25) is 4.79 Å². The predicted octanol–water partition coefficient (Wildman–Crippen LogP) is 3.48. The molecule has 26 heavy (non-hydrogen) atoms. The molecule has 5 nitrogen and oxygen atoms in total.